The van der Waals surface area contributed by atoms with E-state index in [1.807, 2.05) is 30.3 Å². The predicted octanol–water partition coefficient (Wildman–Crippen LogP) is -0.546. The second kappa shape index (κ2) is 19.0. The summed E-state index contributed by atoms with van der Waals surface area (Å²) in [6.45, 7) is 4.30. The Hall–Kier alpha value is -4.69. The summed E-state index contributed by atoms with van der Waals surface area (Å²) in [7, 11) is 0. The average Bonchev–Trinajstić information content (AvgIpc) is 2.99. The molecule has 0 aliphatic heterocycles. The molecule has 0 aromatic heterocycles. The fourth-order valence-corrected chi connectivity index (χ4v) is 5.04. The van der Waals surface area contributed by atoms with E-state index in [9.17, 15) is 24.3 Å². The van der Waals surface area contributed by atoms with Crippen molar-refractivity contribution in [2.45, 2.75) is 83.0 Å². The van der Waals surface area contributed by atoms with Gasteiger partial charge < -0.3 is 49.3 Å². The molecule has 0 aliphatic carbocycles. The normalized spacial score (nSPS) is 13.5. The van der Waals surface area contributed by atoms with Crippen LogP contribution in [0.1, 0.15) is 54.4 Å². The van der Waals surface area contributed by atoms with Gasteiger partial charge in [-0.2, -0.15) is 0 Å². The zero-order valence-corrected chi connectivity index (χ0v) is 26.6. The topological polar surface area (TPSA) is 265 Å². The number of phenolic OH excluding ortho intramolecular Hbond substituents is 1. The molecule has 0 saturated carbocycles. The van der Waals surface area contributed by atoms with Crippen molar-refractivity contribution in [2.75, 3.05) is 13.1 Å². The molecule has 2 aromatic rings. The molecule has 0 aliphatic rings. The minimum atomic E-state index is -1.13. The number of carbonyl (C=O) groups excluding carboxylic acids is 4. The monoisotopic (exact) mass is 639 g/mol. The highest BCUT2D eigenvalue weighted by Crippen LogP contribution is 2.22. The Morgan fingerprint density at radius 3 is 1.98 bits per heavy atom. The van der Waals surface area contributed by atoms with Gasteiger partial charge in [-0.1, -0.05) is 30.3 Å². The third kappa shape index (κ3) is 12.7. The standard InChI is InChI=1S/C32H49N9O5/c1-19-15-22(42)16-20(2)23(19)18-27(41-29(44)24(34)11-8-14-38-32(36)37)31(46)39-25(12-6-7-13-33)30(45)40-26(28(35)43)17-21-9-4-3-5-10-21/h3-5,9-10,15-16,24-27,42H,6-8,11-14,17-18,33-34H2,1-2H3,(H2,35,43)(H,39,46)(H,40,45)(H,41,44)(H4,36,37,38)/t24?,25-,26-,27?/m0/s1. The number of aryl methyl sites for hydroxylation is 2. The molecule has 14 heteroatoms. The number of aromatic hydroxyl groups is 1. The van der Waals surface area contributed by atoms with Gasteiger partial charge in [0.05, 0.1) is 6.04 Å². The molecule has 46 heavy (non-hydrogen) atoms. The molecule has 0 bridgehead atoms. The van der Waals surface area contributed by atoms with Crippen LogP contribution in [0.5, 0.6) is 5.75 Å². The van der Waals surface area contributed by atoms with E-state index in [4.69, 9.17) is 28.3 Å². The van der Waals surface area contributed by atoms with Crippen molar-refractivity contribution >= 4 is 29.6 Å². The van der Waals surface area contributed by atoms with Crippen molar-refractivity contribution in [1.29, 1.82) is 5.41 Å². The number of phenols is 1. The molecule has 0 spiro atoms. The molecule has 0 saturated heterocycles. The third-order valence-corrected chi connectivity index (χ3v) is 7.59. The summed E-state index contributed by atoms with van der Waals surface area (Å²) >= 11 is 0. The number of benzene rings is 2. The average molecular weight is 640 g/mol. The van der Waals surface area contributed by atoms with Crippen LogP contribution in [0.2, 0.25) is 0 Å². The number of carbonyl (C=O) groups is 4. The molecule has 252 valence electrons. The number of unbranched alkanes of at least 4 members (excludes halogenated alkanes) is 1. The van der Waals surface area contributed by atoms with Crippen LogP contribution in [-0.2, 0) is 32.0 Å². The summed E-state index contributed by atoms with van der Waals surface area (Å²) < 4.78 is 0. The Balaban J connectivity index is 2.29. The lowest BCUT2D eigenvalue weighted by Gasteiger charge is -2.26. The quantitative estimate of drug-likeness (QED) is 0.0536. The molecule has 2 aromatic carbocycles. The zero-order valence-electron chi connectivity index (χ0n) is 26.6. The van der Waals surface area contributed by atoms with Gasteiger partial charge in [0.15, 0.2) is 5.96 Å². The Kier molecular flexibility index (Phi) is 15.5. The molecule has 14 N–H and O–H groups in total. The Morgan fingerprint density at radius 2 is 1.39 bits per heavy atom. The molecule has 0 fully saturated rings. The Bertz CT molecular complexity index is 1320. The first-order chi connectivity index (χ1) is 21.8. The first kappa shape index (κ1) is 37.5. The predicted molar refractivity (Wildman–Crippen MR) is 176 cm³/mol. The highest BCUT2D eigenvalue weighted by Gasteiger charge is 2.30. The highest BCUT2D eigenvalue weighted by atomic mass is 16.3. The lowest BCUT2D eigenvalue weighted by atomic mass is 9.95. The first-order valence-electron chi connectivity index (χ1n) is 15.4. The van der Waals surface area contributed by atoms with Crippen molar-refractivity contribution in [2.24, 2.45) is 22.9 Å². The van der Waals surface area contributed by atoms with Gasteiger partial charge in [-0.3, -0.25) is 24.6 Å². The summed E-state index contributed by atoms with van der Waals surface area (Å²) in [6, 6.07) is 8.06. The van der Waals surface area contributed by atoms with E-state index < -0.39 is 47.8 Å². The van der Waals surface area contributed by atoms with Crippen molar-refractivity contribution in [3.05, 3.63) is 64.7 Å². The van der Waals surface area contributed by atoms with E-state index in [-0.39, 0.29) is 37.4 Å². The van der Waals surface area contributed by atoms with E-state index in [0.29, 0.717) is 43.5 Å². The molecule has 14 nitrogen and oxygen atoms in total. The zero-order chi connectivity index (χ0) is 34.2. The number of primary amides is 1. The van der Waals surface area contributed by atoms with E-state index in [1.54, 1.807) is 26.0 Å². The maximum Gasteiger partial charge on any atom is 0.243 e. The number of hydrogen-bond donors (Lipinski definition) is 10. The molecule has 0 heterocycles. The minimum Gasteiger partial charge on any atom is -0.508 e. The molecule has 4 atom stereocenters. The SMILES string of the molecule is Cc1cc(O)cc(C)c1CC(NC(=O)C(N)CCCNC(=N)N)C(=O)N[C@@H](CCCCN)C(=O)N[C@@H](Cc1ccccc1)C(N)=O. The maximum absolute atomic E-state index is 13.8. The smallest absolute Gasteiger partial charge is 0.243 e. The fourth-order valence-electron chi connectivity index (χ4n) is 5.04. The minimum absolute atomic E-state index is 0.0587. The molecule has 2 unspecified atom stereocenters. The van der Waals surface area contributed by atoms with Gasteiger partial charge in [0.25, 0.3) is 0 Å². The van der Waals surface area contributed by atoms with Crippen molar-refractivity contribution in [1.82, 2.24) is 21.3 Å². The van der Waals surface area contributed by atoms with Gasteiger partial charge in [0.2, 0.25) is 23.6 Å². The number of guanidine groups is 1. The Labute approximate surface area is 269 Å². The van der Waals surface area contributed by atoms with Gasteiger partial charge in [-0.15, -0.1) is 0 Å². The second-order valence-electron chi connectivity index (χ2n) is 11.4. The van der Waals surface area contributed by atoms with Crippen molar-refractivity contribution in [3.63, 3.8) is 0 Å². The van der Waals surface area contributed by atoms with Crippen LogP contribution in [0.15, 0.2) is 42.5 Å². The number of hydrogen-bond acceptors (Lipinski definition) is 8. The third-order valence-electron chi connectivity index (χ3n) is 7.59. The summed E-state index contributed by atoms with van der Waals surface area (Å²) in [4.78, 5) is 52.7. The van der Waals surface area contributed by atoms with Gasteiger partial charge in [0.1, 0.15) is 23.9 Å². The van der Waals surface area contributed by atoms with Crippen LogP contribution in [0.4, 0.5) is 0 Å². The molecular formula is C32H49N9O5. The van der Waals surface area contributed by atoms with E-state index >= 15 is 0 Å². The van der Waals surface area contributed by atoms with Gasteiger partial charge in [-0.25, -0.2) is 0 Å². The first-order valence-corrected chi connectivity index (χ1v) is 15.4. The van der Waals surface area contributed by atoms with Crippen molar-refractivity contribution in [3.8, 4) is 5.75 Å². The maximum atomic E-state index is 13.8. The van der Waals surface area contributed by atoms with Crippen LogP contribution in [0.3, 0.4) is 0 Å². The largest absolute Gasteiger partial charge is 0.508 e. The number of nitrogens with one attached hydrogen (secondary N) is 5. The van der Waals surface area contributed by atoms with Crippen LogP contribution in [0.25, 0.3) is 0 Å². The lowest BCUT2D eigenvalue weighted by Crippen LogP contribution is -2.58. The molecule has 4 amide bonds. The van der Waals surface area contributed by atoms with Crippen LogP contribution in [0, 0.1) is 19.3 Å². The van der Waals surface area contributed by atoms with E-state index in [1.165, 1.54) is 0 Å². The van der Waals surface area contributed by atoms with E-state index in [2.05, 4.69) is 21.3 Å². The van der Waals surface area contributed by atoms with Crippen LogP contribution >= 0.6 is 0 Å². The fraction of sp³-hybridized carbons (Fsp3) is 0.469. The van der Waals surface area contributed by atoms with E-state index in [0.717, 1.165) is 11.1 Å². The van der Waals surface area contributed by atoms with Gasteiger partial charge in [0, 0.05) is 19.4 Å². The van der Waals surface area contributed by atoms with Crippen LogP contribution in [-0.4, -0.2) is 72.0 Å². The summed E-state index contributed by atoms with van der Waals surface area (Å²) in [5.41, 5.74) is 25.7. The molecule has 0 radical (unpaired) electrons. The number of amides is 4. The van der Waals surface area contributed by atoms with Crippen LogP contribution < -0.4 is 44.2 Å². The highest BCUT2D eigenvalue weighted by molar-refractivity contribution is 5.94. The van der Waals surface area contributed by atoms with Crippen molar-refractivity contribution < 1.29 is 24.3 Å². The lowest BCUT2D eigenvalue weighted by molar-refractivity contribution is -0.133. The number of rotatable bonds is 19. The molecule has 2 rings (SSSR count). The molecular weight excluding hydrogens is 590 g/mol. The second-order valence-corrected chi connectivity index (χ2v) is 11.4. The van der Waals surface area contributed by atoms with Gasteiger partial charge >= 0.3 is 0 Å². The summed E-state index contributed by atoms with van der Waals surface area (Å²) in [6.07, 6.45) is 2.29. The Morgan fingerprint density at radius 1 is 0.804 bits per heavy atom. The van der Waals surface area contributed by atoms with Gasteiger partial charge in [-0.05, 0) is 86.9 Å². The summed E-state index contributed by atoms with van der Waals surface area (Å²) in [5.74, 6) is -2.64. The summed E-state index contributed by atoms with van der Waals surface area (Å²) in [5, 5.41) is 28.1. The number of nitrogens with two attached hydrogens (primary N) is 4.